The van der Waals surface area contributed by atoms with Gasteiger partial charge >= 0.3 is 19.8 Å². The molecule has 2 saturated heterocycles. The lowest BCUT2D eigenvalue weighted by molar-refractivity contribution is -0.385. The minimum Gasteiger partial charge on any atom is -0.456 e. The summed E-state index contributed by atoms with van der Waals surface area (Å²) in [7, 11) is -10.1. The molecule has 2 fully saturated rings. The number of esters is 2. The van der Waals surface area contributed by atoms with Crippen LogP contribution in [-0.4, -0.2) is 84.3 Å². The van der Waals surface area contributed by atoms with Gasteiger partial charge in [-0.15, -0.1) is 0 Å². The molecule has 23 heteroatoms. The molecule has 0 unspecified atom stereocenters. The van der Waals surface area contributed by atoms with Crippen LogP contribution in [0.2, 0.25) is 36.3 Å². The summed E-state index contributed by atoms with van der Waals surface area (Å²) in [6.07, 6.45) is -1.27. The largest absolute Gasteiger partial charge is 0.646 e. The van der Waals surface area contributed by atoms with Gasteiger partial charge in [-0.3, -0.25) is 39.6 Å². The number of nitro benzene ring substituents is 2. The highest BCUT2D eigenvalue weighted by molar-refractivity contribution is 7.49. The van der Waals surface area contributed by atoms with Crippen LogP contribution in [0, 0.1) is 43.9 Å². The molecule has 4 aliphatic heterocycles. The molecule has 4 heterocycles. The minimum atomic E-state index is -5.22. The molecule has 3 aromatic carbocycles. The highest BCUT2D eigenvalue weighted by Gasteiger charge is 2.65. The fraction of sp³-hybridized carbons (Fsp3) is 0.500. The number of amides is 2. The fourth-order valence-electron chi connectivity index (χ4n) is 9.44. The number of rotatable bonds is 20. The Hall–Kier alpha value is -6.20. The van der Waals surface area contributed by atoms with E-state index >= 15 is 4.57 Å². The molecule has 20 nitrogen and oxygen atoms in total. The number of benzene rings is 3. The molecule has 0 radical (unpaired) electrons. The summed E-state index contributed by atoms with van der Waals surface area (Å²) < 4.78 is 60.0. The molecule has 2 amide bonds. The standard InChI is InChI=1S/C52H67N4O16PSi2/c1-30-41-39(32(3)71-74(11,12)51(5,6)7)47(57)53(41)43(49(59)66-28-34-20-24-36(25-21-34)55(61)62)45(30)69-73(65,68-38-18-16-15-17-19-38)70-46-31(2)42-40(33(4)72-75(13,14)52(8,9)10)48(58)54(42)44(46)50(60)67-29-35-22-26-37(27-23-35)56(63)64/h15-27,30-33,39-42H,28-29H2,1-14H3/t30-,31-,32-,33-,39-,40-,41-,42-/m1/s1. The van der Waals surface area contributed by atoms with Crippen molar-refractivity contribution in [2.24, 2.45) is 23.7 Å². The van der Waals surface area contributed by atoms with Crippen molar-refractivity contribution in [3.63, 3.8) is 0 Å². The number of nitrogens with zero attached hydrogens (tertiary/aromatic N) is 4. The zero-order valence-corrected chi connectivity index (χ0v) is 47.7. The number of fused-ring (bicyclic) bond motifs is 2. The molecule has 75 heavy (non-hydrogen) atoms. The number of carbonyl (C=O) groups excluding carboxylic acids is 4. The maximum absolute atomic E-state index is 15.9. The van der Waals surface area contributed by atoms with Gasteiger partial charge in [-0.2, -0.15) is 4.57 Å². The van der Waals surface area contributed by atoms with Crippen molar-refractivity contribution < 1.29 is 65.5 Å². The van der Waals surface area contributed by atoms with Crippen LogP contribution in [0.4, 0.5) is 11.4 Å². The third kappa shape index (κ3) is 11.1. The van der Waals surface area contributed by atoms with E-state index in [4.69, 9.17) is 31.9 Å². The molecule has 8 atom stereocenters. The van der Waals surface area contributed by atoms with Crippen LogP contribution in [-0.2, 0) is 64.3 Å². The minimum absolute atomic E-state index is 0.00910. The predicted octanol–water partition coefficient (Wildman–Crippen LogP) is 10.7. The lowest BCUT2D eigenvalue weighted by Crippen LogP contribution is -2.65. The number of hydrogen-bond donors (Lipinski definition) is 0. The van der Waals surface area contributed by atoms with Crippen LogP contribution in [0.25, 0.3) is 0 Å². The molecule has 0 spiro atoms. The van der Waals surface area contributed by atoms with Crippen LogP contribution in [0.15, 0.2) is 102 Å². The number of nitro groups is 2. The summed E-state index contributed by atoms with van der Waals surface area (Å²) in [5.41, 5.74) is -0.348. The maximum atomic E-state index is 15.9. The summed E-state index contributed by atoms with van der Waals surface area (Å²) in [6, 6.07) is 17.0. The highest BCUT2D eigenvalue weighted by Crippen LogP contribution is 2.62. The molecule has 0 aromatic heterocycles. The quantitative estimate of drug-likeness (QED) is 0.0255. The lowest BCUT2D eigenvalue weighted by atomic mass is 9.79. The Morgan fingerprint density at radius 1 is 0.613 bits per heavy atom. The fourth-order valence-corrected chi connectivity index (χ4v) is 13.8. The third-order valence-electron chi connectivity index (χ3n) is 15.6. The second kappa shape index (κ2) is 20.7. The molecule has 7 rings (SSSR count). The summed E-state index contributed by atoms with van der Waals surface area (Å²) in [6.45, 7) is 26.9. The number of hydrogen-bond acceptors (Lipinski definition) is 16. The van der Waals surface area contributed by atoms with E-state index in [1.165, 1.54) is 70.5 Å². The normalized spacial score (nSPS) is 23.3. The Labute approximate surface area is 438 Å². The summed E-state index contributed by atoms with van der Waals surface area (Å²) in [5.74, 6) is -6.98. The Kier molecular flexibility index (Phi) is 15.6. The van der Waals surface area contributed by atoms with Gasteiger partial charge in [0.1, 0.15) is 30.5 Å². The average molecular weight is 1090 g/mol. The van der Waals surface area contributed by atoms with E-state index in [0.29, 0.717) is 11.1 Å². The first kappa shape index (κ1) is 56.5. The second-order valence-electron chi connectivity index (χ2n) is 22.7. The number of phosphoric ester groups is 1. The summed E-state index contributed by atoms with van der Waals surface area (Å²) in [5, 5.41) is 22.3. The SMILES string of the molecule is C[C@@H](O[Si](C)(C)C(C)(C)C)[C@H]1C(=O)N2C(C(=O)OCc3ccc([N+](=O)[O-])cc3)=C(OP(=O)(OC3=C(C(=O)OCc4ccc([N+](=O)[O-])cc4)N4C(=O)[C@H]([C@@H](C)O[Si](C)(C)C(C)(C)C)[C@H]4[C@H]3C)Oc3ccccc3)[C@H](C)[C@H]12. The smallest absolute Gasteiger partial charge is 0.456 e. The molecule has 404 valence electrons. The van der Waals surface area contributed by atoms with E-state index in [1.54, 1.807) is 45.9 Å². The van der Waals surface area contributed by atoms with E-state index in [2.05, 4.69) is 67.7 Å². The molecule has 0 bridgehead atoms. The first-order chi connectivity index (χ1) is 34.8. The highest BCUT2D eigenvalue weighted by atomic mass is 31.2. The molecule has 4 aliphatic rings. The Bertz CT molecular complexity index is 2690. The Balaban J connectivity index is 1.30. The van der Waals surface area contributed by atoms with E-state index < -0.39 is 106 Å². The number of para-hydroxylation sites is 1. The van der Waals surface area contributed by atoms with Crippen molar-refractivity contribution in [2.45, 2.75) is 143 Å². The van der Waals surface area contributed by atoms with Gasteiger partial charge in [0.25, 0.3) is 11.4 Å². The van der Waals surface area contributed by atoms with Gasteiger partial charge in [0, 0.05) is 36.1 Å². The van der Waals surface area contributed by atoms with Crippen molar-refractivity contribution in [2.75, 3.05) is 0 Å². The van der Waals surface area contributed by atoms with Crippen molar-refractivity contribution in [1.29, 1.82) is 0 Å². The number of non-ortho nitro benzene ring substituents is 2. The van der Waals surface area contributed by atoms with Gasteiger partial charge in [0.05, 0.1) is 46.0 Å². The van der Waals surface area contributed by atoms with Crippen LogP contribution in [0.1, 0.15) is 80.4 Å². The van der Waals surface area contributed by atoms with Crippen LogP contribution in [0.3, 0.4) is 0 Å². The number of ether oxygens (including phenoxy) is 2. The van der Waals surface area contributed by atoms with Gasteiger partial charge in [-0.05, 0) is 97.6 Å². The number of carbonyl (C=O) groups is 4. The third-order valence-corrected chi connectivity index (χ3v) is 26.0. The lowest BCUT2D eigenvalue weighted by Gasteiger charge is -2.49. The van der Waals surface area contributed by atoms with Crippen molar-refractivity contribution in [3.05, 3.63) is 133 Å². The first-order valence-corrected chi connectivity index (χ1v) is 32.1. The number of phosphoric acid groups is 1. The molecular weight excluding hydrogens is 1020 g/mol. The predicted molar refractivity (Wildman–Crippen MR) is 279 cm³/mol. The average Bonchev–Trinajstić information content (AvgIpc) is 3.69. The molecule has 3 aromatic rings. The molecule has 0 saturated carbocycles. The number of β-lactam (4-membered cyclic amide) rings is 2. The molecule has 0 N–H and O–H groups in total. The van der Waals surface area contributed by atoms with E-state index in [1.807, 2.05) is 0 Å². The van der Waals surface area contributed by atoms with Gasteiger partial charge in [0.2, 0.25) is 11.8 Å². The van der Waals surface area contributed by atoms with E-state index in [0.717, 1.165) is 0 Å². The topological polar surface area (TPSA) is 243 Å². The zero-order chi connectivity index (χ0) is 55.5. The second-order valence-corrected chi connectivity index (χ2v) is 33.6. The Morgan fingerprint density at radius 2 is 0.960 bits per heavy atom. The van der Waals surface area contributed by atoms with Gasteiger partial charge < -0.3 is 31.9 Å². The Morgan fingerprint density at radius 3 is 1.28 bits per heavy atom. The molecule has 0 aliphatic carbocycles. The van der Waals surface area contributed by atoms with Gasteiger partial charge in [-0.25, -0.2) is 9.59 Å². The van der Waals surface area contributed by atoms with Crippen molar-refractivity contribution in [3.8, 4) is 5.75 Å². The van der Waals surface area contributed by atoms with Gasteiger partial charge in [-0.1, -0.05) is 73.6 Å². The van der Waals surface area contributed by atoms with Gasteiger partial charge in [0.15, 0.2) is 28.0 Å². The monoisotopic (exact) mass is 1090 g/mol. The van der Waals surface area contributed by atoms with E-state index in [9.17, 15) is 39.4 Å². The zero-order valence-electron chi connectivity index (χ0n) is 44.8. The van der Waals surface area contributed by atoms with Crippen LogP contribution >= 0.6 is 7.82 Å². The van der Waals surface area contributed by atoms with Crippen molar-refractivity contribution >= 4 is 59.6 Å². The molecular formula is C52H67N4O16PSi2. The van der Waals surface area contributed by atoms with E-state index in [-0.39, 0.29) is 63.3 Å². The summed E-state index contributed by atoms with van der Waals surface area (Å²) in [4.78, 5) is 82.0. The van der Waals surface area contributed by atoms with Crippen LogP contribution < -0.4 is 4.52 Å². The van der Waals surface area contributed by atoms with Crippen molar-refractivity contribution in [1.82, 2.24) is 9.80 Å². The maximum Gasteiger partial charge on any atom is 0.646 e. The van der Waals surface area contributed by atoms with Crippen LogP contribution in [0.5, 0.6) is 5.75 Å². The summed E-state index contributed by atoms with van der Waals surface area (Å²) >= 11 is 0. The first-order valence-electron chi connectivity index (χ1n) is 24.8.